The van der Waals surface area contributed by atoms with Crippen molar-refractivity contribution < 1.29 is 18.3 Å². The van der Waals surface area contributed by atoms with Gasteiger partial charge in [0.25, 0.3) is 5.91 Å². The average molecular weight is 449 g/mol. The van der Waals surface area contributed by atoms with Crippen molar-refractivity contribution in [2.75, 3.05) is 0 Å². The number of aromatic nitrogens is 3. The Hall–Kier alpha value is -4.14. The number of carbonyl (C=O) groups excluding carboxylic acids is 1. The number of alkyl halides is 2. The van der Waals surface area contributed by atoms with Gasteiger partial charge in [-0.2, -0.15) is 19.0 Å². The maximum atomic E-state index is 13.1. The van der Waals surface area contributed by atoms with Crippen LogP contribution >= 0.6 is 0 Å². The van der Waals surface area contributed by atoms with Crippen LogP contribution in [-0.2, 0) is 0 Å². The van der Waals surface area contributed by atoms with Crippen molar-refractivity contribution >= 4 is 22.7 Å². The van der Waals surface area contributed by atoms with Crippen LogP contribution < -0.4 is 10.2 Å². The van der Waals surface area contributed by atoms with Gasteiger partial charge in [-0.3, -0.25) is 4.79 Å². The second kappa shape index (κ2) is 9.15. The molecule has 2 heterocycles. The number of fused-ring (bicyclic) bond motifs is 1. The number of rotatable bonds is 6. The summed E-state index contributed by atoms with van der Waals surface area (Å²) < 4.78 is 31.1. The fourth-order valence-electron chi connectivity index (χ4n) is 3.50. The Morgan fingerprint density at radius 1 is 1.09 bits per heavy atom. The lowest BCUT2D eigenvalue weighted by Crippen LogP contribution is -2.20. The van der Waals surface area contributed by atoms with Gasteiger partial charge in [-0.15, -0.1) is 0 Å². The van der Waals surface area contributed by atoms with E-state index in [1.807, 2.05) is 37.3 Å². The molecule has 7 nitrogen and oxygen atoms in total. The minimum absolute atomic E-state index is 0.0128. The van der Waals surface area contributed by atoms with E-state index in [0.29, 0.717) is 39.3 Å². The summed E-state index contributed by atoms with van der Waals surface area (Å²) in [6, 6.07) is 17.3. The van der Waals surface area contributed by atoms with E-state index in [2.05, 4.69) is 25.3 Å². The van der Waals surface area contributed by atoms with Crippen LogP contribution in [0.5, 0.6) is 5.75 Å². The number of nitrogens with one attached hydrogen (secondary N) is 1. The molecule has 0 aliphatic rings. The Morgan fingerprint density at radius 2 is 1.85 bits per heavy atom. The number of halogens is 2. The van der Waals surface area contributed by atoms with E-state index < -0.39 is 12.5 Å². The third kappa shape index (κ3) is 4.72. The van der Waals surface area contributed by atoms with Gasteiger partial charge < -0.3 is 4.74 Å². The highest BCUT2D eigenvalue weighted by atomic mass is 19.3. The third-order valence-corrected chi connectivity index (χ3v) is 4.99. The lowest BCUT2D eigenvalue weighted by atomic mass is 10.1. The largest absolute Gasteiger partial charge is 0.435 e. The molecule has 33 heavy (non-hydrogen) atoms. The number of hydrogen-bond acceptors (Lipinski definition) is 5. The summed E-state index contributed by atoms with van der Waals surface area (Å²) in [4.78, 5) is 17.7. The van der Waals surface area contributed by atoms with Crippen LogP contribution in [0.25, 0.3) is 16.7 Å². The molecule has 1 N–H and O–H groups in total. The predicted octanol–water partition coefficient (Wildman–Crippen LogP) is 4.79. The fourth-order valence-corrected chi connectivity index (χ4v) is 3.50. The first-order chi connectivity index (χ1) is 15.8. The zero-order valence-electron chi connectivity index (χ0n) is 18.2. The smallest absolute Gasteiger partial charge is 0.387 e. The minimum Gasteiger partial charge on any atom is -0.435 e. The fraction of sp³-hybridized carbons (Fsp3) is 0.167. The summed E-state index contributed by atoms with van der Waals surface area (Å²) >= 11 is 0. The first-order valence-electron chi connectivity index (χ1n) is 10.2. The maximum absolute atomic E-state index is 13.1. The molecule has 2 aromatic heterocycles. The van der Waals surface area contributed by atoms with E-state index in [9.17, 15) is 13.6 Å². The van der Waals surface area contributed by atoms with Crippen LogP contribution in [0.1, 0.15) is 34.2 Å². The van der Waals surface area contributed by atoms with Crippen molar-refractivity contribution in [2.24, 2.45) is 5.10 Å². The Labute approximate surface area is 188 Å². The van der Waals surface area contributed by atoms with Crippen LogP contribution in [0.15, 0.2) is 65.8 Å². The highest BCUT2D eigenvalue weighted by Gasteiger charge is 2.19. The number of pyridine rings is 1. The monoisotopic (exact) mass is 449 g/mol. The number of para-hydroxylation sites is 1. The van der Waals surface area contributed by atoms with Gasteiger partial charge in [-0.05, 0) is 51.1 Å². The molecule has 0 saturated carbocycles. The summed E-state index contributed by atoms with van der Waals surface area (Å²) in [7, 11) is 0. The zero-order chi connectivity index (χ0) is 23.5. The van der Waals surface area contributed by atoms with Crippen molar-refractivity contribution in [1.82, 2.24) is 20.2 Å². The second-order valence-corrected chi connectivity index (χ2v) is 7.39. The van der Waals surface area contributed by atoms with Crippen molar-refractivity contribution in [2.45, 2.75) is 27.4 Å². The number of ether oxygens (including phenoxy) is 1. The molecule has 9 heteroatoms. The summed E-state index contributed by atoms with van der Waals surface area (Å²) in [5.74, 6) is -0.417. The van der Waals surface area contributed by atoms with E-state index in [0.717, 1.165) is 5.69 Å². The van der Waals surface area contributed by atoms with Crippen molar-refractivity contribution in [3.63, 3.8) is 0 Å². The molecule has 4 rings (SSSR count). The van der Waals surface area contributed by atoms with Crippen molar-refractivity contribution in [3.05, 3.63) is 83.2 Å². The third-order valence-electron chi connectivity index (χ3n) is 4.99. The first-order valence-corrected chi connectivity index (χ1v) is 10.2. The van der Waals surface area contributed by atoms with Crippen molar-refractivity contribution in [1.29, 1.82) is 0 Å². The molecule has 0 unspecified atom stereocenters. The van der Waals surface area contributed by atoms with Crippen LogP contribution in [0.4, 0.5) is 8.78 Å². The van der Waals surface area contributed by atoms with Crippen LogP contribution in [0.2, 0.25) is 0 Å². The summed E-state index contributed by atoms with van der Waals surface area (Å²) in [5.41, 5.74) is 6.63. The molecule has 0 aliphatic heterocycles. The Morgan fingerprint density at radius 3 is 2.58 bits per heavy atom. The first kappa shape index (κ1) is 22.1. The maximum Gasteiger partial charge on any atom is 0.387 e. The number of hydrazone groups is 1. The second-order valence-electron chi connectivity index (χ2n) is 7.39. The summed E-state index contributed by atoms with van der Waals surface area (Å²) in [5, 5.41) is 9.36. The van der Waals surface area contributed by atoms with E-state index in [1.165, 1.54) is 12.1 Å². The number of hydrogen-bond donors (Lipinski definition) is 1. The molecule has 0 saturated heterocycles. The molecule has 0 atom stereocenters. The van der Waals surface area contributed by atoms with E-state index in [1.54, 1.807) is 36.7 Å². The quantitative estimate of drug-likeness (QED) is 0.339. The molecular formula is C24H21F2N5O2. The minimum atomic E-state index is -2.92. The SMILES string of the molecule is CC(=NNC(=O)c1cc(C)nc2c1c(C)nn2-c1ccccc1)c1cccc(OC(F)F)c1. The van der Waals surface area contributed by atoms with Gasteiger partial charge in [0.1, 0.15) is 5.75 Å². The van der Waals surface area contributed by atoms with Gasteiger partial charge in [0.15, 0.2) is 5.65 Å². The highest BCUT2D eigenvalue weighted by Crippen LogP contribution is 2.25. The van der Waals surface area contributed by atoms with Gasteiger partial charge in [-0.1, -0.05) is 30.3 Å². The summed E-state index contributed by atoms with van der Waals surface area (Å²) in [6.07, 6.45) is 0. The molecule has 0 radical (unpaired) electrons. The molecule has 4 aromatic rings. The average Bonchev–Trinajstić information content (AvgIpc) is 3.13. The number of nitrogens with zero attached hydrogens (tertiary/aromatic N) is 4. The number of amides is 1. The Bertz CT molecular complexity index is 1350. The highest BCUT2D eigenvalue weighted by molar-refractivity contribution is 6.07. The van der Waals surface area contributed by atoms with E-state index >= 15 is 0 Å². The Balaban J connectivity index is 1.66. The molecule has 2 aromatic carbocycles. The lowest BCUT2D eigenvalue weighted by molar-refractivity contribution is -0.0498. The van der Waals surface area contributed by atoms with Gasteiger partial charge in [0, 0.05) is 11.3 Å². The van der Waals surface area contributed by atoms with Crippen LogP contribution in [-0.4, -0.2) is 33.0 Å². The van der Waals surface area contributed by atoms with Crippen molar-refractivity contribution in [3.8, 4) is 11.4 Å². The van der Waals surface area contributed by atoms with Gasteiger partial charge in [-0.25, -0.2) is 15.1 Å². The van der Waals surface area contributed by atoms with Gasteiger partial charge in [0.05, 0.1) is 28.0 Å². The molecule has 168 valence electrons. The molecule has 0 spiro atoms. The van der Waals surface area contributed by atoms with E-state index in [4.69, 9.17) is 0 Å². The predicted molar refractivity (Wildman–Crippen MR) is 121 cm³/mol. The lowest BCUT2D eigenvalue weighted by Gasteiger charge is -2.08. The number of carbonyl (C=O) groups is 1. The van der Waals surface area contributed by atoms with Gasteiger partial charge >= 0.3 is 6.61 Å². The standard InChI is InChI=1S/C24H21F2N5O2/c1-14-12-20(21-16(3)30-31(22(21)27-14)18-9-5-4-6-10-18)23(32)29-28-15(2)17-8-7-11-19(13-17)33-24(25)26/h4-13,24H,1-3H3,(H,29,32). The van der Waals surface area contributed by atoms with Crippen LogP contribution in [0, 0.1) is 13.8 Å². The van der Waals surface area contributed by atoms with Crippen LogP contribution in [0.3, 0.4) is 0 Å². The summed E-state index contributed by atoms with van der Waals surface area (Å²) in [6.45, 7) is 2.36. The van der Waals surface area contributed by atoms with E-state index in [-0.39, 0.29) is 5.75 Å². The number of aryl methyl sites for hydroxylation is 2. The molecule has 0 bridgehead atoms. The molecule has 0 fully saturated rings. The molecule has 0 aliphatic carbocycles. The Kier molecular flexibility index (Phi) is 6.12. The molecule has 1 amide bonds. The number of benzene rings is 2. The normalized spacial score (nSPS) is 11.8. The topological polar surface area (TPSA) is 81.4 Å². The van der Waals surface area contributed by atoms with Gasteiger partial charge in [0.2, 0.25) is 0 Å². The molecular weight excluding hydrogens is 428 g/mol. The zero-order valence-corrected chi connectivity index (χ0v) is 18.2.